The Bertz CT molecular complexity index is 1560. The number of methoxy groups -OCH3 is 2. The van der Waals surface area contributed by atoms with Gasteiger partial charge in [-0.1, -0.05) is 18.2 Å². The van der Waals surface area contributed by atoms with E-state index in [2.05, 4.69) is 5.32 Å². The predicted molar refractivity (Wildman–Crippen MR) is 129 cm³/mol. The molecule has 2 atom stereocenters. The molecule has 0 bridgehead atoms. The minimum atomic E-state index is -1.08. The molecule has 4 aromatic rings. The van der Waals surface area contributed by atoms with Gasteiger partial charge in [0.1, 0.15) is 17.1 Å². The first-order valence-electron chi connectivity index (χ1n) is 11.2. The van der Waals surface area contributed by atoms with Gasteiger partial charge in [-0.3, -0.25) is 4.79 Å². The summed E-state index contributed by atoms with van der Waals surface area (Å²) >= 11 is 0. The van der Waals surface area contributed by atoms with E-state index in [1.54, 1.807) is 61.7 Å². The molecule has 1 amide bonds. The molecule has 182 valence electrons. The van der Waals surface area contributed by atoms with Crippen LogP contribution in [0, 0.1) is 0 Å². The molecular weight excluding hydrogens is 466 g/mol. The van der Waals surface area contributed by atoms with Crippen LogP contribution in [0.1, 0.15) is 17.0 Å². The number of amides is 1. The van der Waals surface area contributed by atoms with Crippen LogP contribution in [0.15, 0.2) is 69.9 Å². The van der Waals surface area contributed by atoms with Crippen molar-refractivity contribution in [2.24, 2.45) is 0 Å². The van der Waals surface area contributed by atoms with E-state index in [-0.39, 0.29) is 12.4 Å². The fourth-order valence-electron chi connectivity index (χ4n) is 4.67. The molecular formula is C27H21NO8. The third-order valence-electron chi connectivity index (χ3n) is 6.29. The molecule has 2 aliphatic rings. The van der Waals surface area contributed by atoms with Crippen LogP contribution in [0.5, 0.6) is 28.7 Å². The molecule has 9 heteroatoms. The zero-order valence-corrected chi connectivity index (χ0v) is 19.4. The molecule has 0 radical (unpaired) electrons. The average molecular weight is 487 g/mol. The van der Waals surface area contributed by atoms with E-state index in [1.165, 1.54) is 7.11 Å². The van der Waals surface area contributed by atoms with Gasteiger partial charge in [-0.05, 0) is 42.0 Å². The minimum Gasteiger partial charge on any atom is -0.497 e. The van der Waals surface area contributed by atoms with Gasteiger partial charge in [-0.15, -0.1) is 0 Å². The molecule has 6 rings (SSSR count). The second-order valence-electron chi connectivity index (χ2n) is 8.32. The monoisotopic (exact) mass is 487 g/mol. The lowest BCUT2D eigenvalue weighted by Gasteiger charge is -2.20. The van der Waals surface area contributed by atoms with Gasteiger partial charge in [0.2, 0.25) is 12.5 Å². The van der Waals surface area contributed by atoms with Gasteiger partial charge in [0.15, 0.2) is 17.6 Å². The van der Waals surface area contributed by atoms with Crippen LogP contribution < -0.4 is 34.6 Å². The molecule has 9 nitrogen and oxygen atoms in total. The molecule has 3 aromatic carbocycles. The molecule has 0 aliphatic carbocycles. The van der Waals surface area contributed by atoms with Crippen LogP contribution >= 0.6 is 0 Å². The summed E-state index contributed by atoms with van der Waals surface area (Å²) in [6.07, 6.45) is -1.08. The average Bonchev–Trinajstić information content (AvgIpc) is 3.54. The number of hydrogen-bond acceptors (Lipinski definition) is 8. The van der Waals surface area contributed by atoms with Gasteiger partial charge in [-0.2, -0.15) is 0 Å². The number of fused-ring (bicyclic) bond motifs is 4. The molecule has 1 N–H and O–H groups in total. The number of hydrogen-bond donors (Lipinski definition) is 1. The summed E-state index contributed by atoms with van der Waals surface area (Å²) in [5.41, 5.74) is 1.15. The van der Waals surface area contributed by atoms with Gasteiger partial charge in [-0.25, -0.2) is 4.79 Å². The summed E-state index contributed by atoms with van der Waals surface area (Å²) < 4.78 is 33.7. The maximum Gasteiger partial charge on any atom is 0.344 e. The van der Waals surface area contributed by atoms with E-state index in [0.717, 1.165) is 0 Å². The van der Waals surface area contributed by atoms with Crippen molar-refractivity contribution in [1.29, 1.82) is 0 Å². The Morgan fingerprint density at radius 3 is 2.67 bits per heavy atom. The maximum absolute atomic E-state index is 13.6. The number of nitrogens with one attached hydrogen (secondary N) is 1. The second-order valence-corrected chi connectivity index (χ2v) is 8.32. The van der Waals surface area contributed by atoms with Crippen LogP contribution in [0.3, 0.4) is 0 Å². The third kappa shape index (κ3) is 3.48. The number of anilines is 1. The number of ether oxygens (including phenoxy) is 5. The SMILES string of the molecule is COc1cccc(NC(=O)[C@@H]2Oc3c(c(=O)oc4ccccc34)[C@@H]2c2cc(OC)c3c(c2)OCO3)c1. The van der Waals surface area contributed by atoms with E-state index >= 15 is 0 Å². The molecule has 0 saturated heterocycles. The number of carbonyl (C=O) groups is 1. The lowest BCUT2D eigenvalue weighted by atomic mass is 9.87. The molecule has 0 unspecified atom stereocenters. The zero-order chi connectivity index (χ0) is 24.8. The molecule has 3 heterocycles. The Kier molecular flexibility index (Phi) is 5.18. The van der Waals surface area contributed by atoms with E-state index < -0.39 is 23.6 Å². The Labute approximate surface area is 205 Å². The van der Waals surface area contributed by atoms with Crippen LogP contribution in [0.4, 0.5) is 5.69 Å². The summed E-state index contributed by atoms with van der Waals surface area (Å²) in [7, 11) is 3.06. The van der Waals surface area contributed by atoms with Gasteiger partial charge in [0, 0.05) is 11.8 Å². The number of rotatable bonds is 5. The van der Waals surface area contributed by atoms with Crippen LogP contribution in [0.25, 0.3) is 11.0 Å². The van der Waals surface area contributed by atoms with Crippen molar-refractivity contribution >= 4 is 22.6 Å². The normalized spacial score (nSPS) is 17.4. The molecule has 0 saturated carbocycles. The van der Waals surface area contributed by atoms with E-state index in [1.807, 2.05) is 6.07 Å². The van der Waals surface area contributed by atoms with Crippen molar-refractivity contribution in [3.05, 3.63) is 82.2 Å². The Morgan fingerprint density at radius 2 is 1.83 bits per heavy atom. The van der Waals surface area contributed by atoms with Crippen LogP contribution in [0.2, 0.25) is 0 Å². The predicted octanol–water partition coefficient (Wildman–Crippen LogP) is 4.07. The topological polar surface area (TPSA) is 105 Å². The smallest absolute Gasteiger partial charge is 0.344 e. The maximum atomic E-state index is 13.6. The van der Waals surface area contributed by atoms with Crippen molar-refractivity contribution in [1.82, 2.24) is 0 Å². The van der Waals surface area contributed by atoms with Crippen molar-refractivity contribution in [2.75, 3.05) is 26.3 Å². The highest BCUT2D eigenvalue weighted by Gasteiger charge is 2.45. The molecule has 0 spiro atoms. The van der Waals surface area contributed by atoms with Gasteiger partial charge < -0.3 is 33.4 Å². The fourth-order valence-corrected chi connectivity index (χ4v) is 4.67. The molecule has 0 fully saturated rings. The van der Waals surface area contributed by atoms with Crippen LogP contribution in [-0.4, -0.2) is 33.0 Å². The molecule has 1 aromatic heterocycles. The van der Waals surface area contributed by atoms with Gasteiger partial charge in [0.25, 0.3) is 5.91 Å². The standard InChI is InChI=1S/C27H21NO8/c1-31-16-7-5-6-15(12-16)28-26(29)25-21(14-10-19(32-2)24-20(11-14)33-13-34-24)22-23(36-25)17-8-3-4-9-18(17)35-27(22)30/h3-12,21,25H,13H2,1-2H3,(H,28,29)/t21-,25+/m0/s1. The van der Waals surface area contributed by atoms with E-state index in [4.69, 9.17) is 28.1 Å². The van der Waals surface area contributed by atoms with Crippen molar-refractivity contribution in [3.63, 3.8) is 0 Å². The van der Waals surface area contributed by atoms with Crippen molar-refractivity contribution < 1.29 is 32.9 Å². The van der Waals surface area contributed by atoms with Gasteiger partial charge >= 0.3 is 5.63 Å². The summed E-state index contributed by atoms with van der Waals surface area (Å²) in [4.78, 5) is 26.8. The zero-order valence-electron chi connectivity index (χ0n) is 19.4. The minimum absolute atomic E-state index is 0.0411. The fraction of sp³-hybridized carbons (Fsp3) is 0.185. The van der Waals surface area contributed by atoms with Crippen molar-refractivity contribution in [3.8, 4) is 28.7 Å². The van der Waals surface area contributed by atoms with Crippen molar-refractivity contribution in [2.45, 2.75) is 12.0 Å². The Morgan fingerprint density at radius 1 is 0.972 bits per heavy atom. The number of para-hydroxylation sites is 1. The highest BCUT2D eigenvalue weighted by atomic mass is 16.7. The summed E-state index contributed by atoms with van der Waals surface area (Å²) in [6.45, 7) is 0.0411. The van der Waals surface area contributed by atoms with Crippen LogP contribution in [-0.2, 0) is 4.79 Å². The largest absolute Gasteiger partial charge is 0.497 e. The third-order valence-corrected chi connectivity index (χ3v) is 6.29. The Hall–Kier alpha value is -4.66. The summed E-state index contributed by atoms with van der Waals surface area (Å²) in [5.74, 6) is 1.00. The Balaban J connectivity index is 1.50. The highest BCUT2D eigenvalue weighted by molar-refractivity contribution is 5.98. The first kappa shape index (κ1) is 21.8. The quantitative estimate of drug-likeness (QED) is 0.420. The molecule has 2 aliphatic heterocycles. The summed E-state index contributed by atoms with van der Waals surface area (Å²) in [5, 5.41) is 3.48. The first-order chi connectivity index (χ1) is 17.6. The van der Waals surface area contributed by atoms with Gasteiger partial charge in [0.05, 0.1) is 31.1 Å². The lowest BCUT2D eigenvalue weighted by Crippen LogP contribution is -2.35. The number of benzene rings is 3. The summed E-state index contributed by atoms with van der Waals surface area (Å²) in [6, 6.07) is 17.5. The number of carbonyl (C=O) groups excluding carboxylic acids is 1. The molecule has 36 heavy (non-hydrogen) atoms. The van der Waals surface area contributed by atoms with E-state index in [9.17, 15) is 9.59 Å². The highest BCUT2D eigenvalue weighted by Crippen LogP contribution is 2.49. The van der Waals surface area contributed by atoms with E-state index in [0.29, 0.717) is 51.0 Å². The first-order valence-corrected chi connectivity index (χ1v) is 11.2. The lowest BCUT2D eigenvalue weighted by molar-refractivity contribution is -0.122. The second kappa shape index (κ2) is 8.53.